The highest BCUT2D eigenvalue weighted by Crippen LogP contribution is 2.19. The molecule has 0 spiro atoms. The molecule has 0 heterocycles. The summed E-state index contributed by atoms with van der Waals surface area (Å²) in [5, 5.41) is 8.76. The van der Waals surface area contributed by atoms with Crippen LogP contribution < -0.4 is 4.74 Å². The monoisotopic (exact) mass is 203 g/mol. The first-order valence-corrected chi connectivity index (χ1v) is 5.41. The summed E-state index contributed by atoms with van der Waals surface area (Å²) in [5.41, 5.74) is 1.75. The van der Waals surface area contributed by atoms with E-state index < -0.39 is 0 Å². The normalized spacial score (nSPS) is 9.67. The number of unbranched alkanes of at least 4 members (excludes halogenated alkanes) is 2. The van der Waals surface area contributed by atoms with Crippen molar-refractivity contribution in [3.8, 4) is 11.8 Å². The molecule has 2 heteroatoms. The number of aryl methyl sites for hydroxylation is 1. The lowest BCUT2D eigenvalue weighted by molar-refractivity contribution is 0.304. The zero-order valence-electron chi connectivity index (χ0n) is 9.42. The van der Waals surface area contributed by atoms with Gasteiger partial charge in [-0.1, -0.05) is 25.8 Å². The molecule has 0 bridgehead atoms. The van der Waals surface area contributed by atoms with Crippen molar-refractivity contribution in [3.63, 3.8) is 0 Å². The standard InChI is InChI=1S/C13H17NO/c1-3-4-5-8-15-13-9-12(10-14)7-6-11(13)2/h6-7,9H,3-5,8H2,1-2H3. The molecular weight excluding hydrogens is 186 g/mol. The van der Waals surface area contributed by atoms with Gasteiger partial charge in [0.2, 0.25) is 0 Å². The van der Waals surface area contributed by atoms with Crippen LogP contribution in [0.4, 0.5) is 0 Å². The molecule has 15 heavy (non-hydrogen) atoms. The van der Waals surface area contributed by atoms with Gasteiger partial charge in [0.05, 0.1) is 18.2 Å². The van der Waals surface area contributed by atoms with Crippen molar-refractivity contribution in [2.45, 2.75) is 33.1 Å². The number of rotatable bonds is 5. The third-order valence-corrected chi connectivity index (χ3v) is 2.32. The topological polar surface area (TPSA) is 33.0 Å². The first-order valence-electron chi connectivity index (χ1n) is 5.41. The zero-order chi connectivity index (χ0) is 11.1. The fraction of sp³-hybridized carbons (Fsp3) is 0.462. The quantitative estimate of drug-likeness (QED) is 0.687. The van der Waals surface area contributed by atoms with Crippen molar-refractivity contribution in [2.24, 2.45) is 0 Å². The van der Waals surface area contributed by atoms with Crippen LogP contribution in [0.15, 0.2) is 18.2 Å². The smallest absolute Gasteiger partial charge is 0.123 e. The van der Waals surface area contributed by atoms with Gasteiger partial charge in [0.25, 0.3) is 0 Å². The van der Waals surface area contributed by atoms with Gasteiger partial charge < -0.3 is 4.74 Å². The fourth-order valence-electron chi connectivity index (χ4n) is 1.36. The molecule has 0 fully saturated rings. The number of nitriles is 1. The van der Waals surface area contributed by atoms with Gasteiger partial charge in [0, 0.05) is 0 Å². The molecule has 1 aromatic carbocycles. The first kappa shape index (κ1) is 11.6. The molecule has 1 aromatic rings. The number of benzene rings is 1. The Morgan fingerprint density at radius 3 is 2.80 bits per heavy atom. The zero-order valence-corrected chi connectivity index (χ0v) is 9.42. The molecule has 0 saturated heterocycles. The van der Waals surface area contributed by atoms with Gasteiger partial charge in [-0.05, 0) is 31.0 Å². The van der Waals surface area contributed by atoms with Crippen LogP contribution in [0.25, 0.3) is 0 Å². The highest BCUT2D eigenvalue weighted by Gasteiger charge is 2.00. The fourth-order valence-corrected chi connectivity index (χ4v) is 1.36. The van der Waals surface area contributed by atoms with Crippen molar-refractivity contribution < 1.29 is 4.74 Å². The molecule has 0 aromatic heterocycles. The summed E-state index contributed by atoms with van der Waals surface area (Å²) < 4.78 is 5.63. The van der Waals surface area contributed by atoms with E-state index in [1.165, 1.54) is 12.8 Å². The number of hydrogen-bond acceptors (Lipinski definition) is 2. The van der Waals surface area contributed by atoms with Gasteiger partial charge in [-0.25, -0.2) is 0 Å². The Morgan fingerprint density at radius 1 is 1.33 bits per heavy atom. The Bertz CT molecular complexity index is 352. The molecule has 2 nitrogen and oxygen atoms in total. The lowest BCUT2D eigenvalue weighted by atomic mass is 10.1. The number of nitrogens with zero attached hydrogens (tertiary/aromatic N) is 1. The molecular formula is C13H17NO. The van der Waals surface area contributed by atoms with Crippen molar-refractivity contribution in [1.29, 1.82) is 5.26 Å². The van der Waals surface area contributed by atoms with Gasteiger partial charge in [-0.2, -0.15) is 5.26 Å². The van der Waals surface area contributed by atoms with E-state index in [4.69, 9.17) is 10.00 Å². The van der Waals surface area contributed by atoms with Crippen LogP contribution in [0, 0.1) is 18.3 Å². The van der Waals surface area contributed by atoms with Crippen molar-refractivity contribution in [3.05, 3.63) is 29.3 Å². The molecule has 1 rings (SSSR count). The molecule has 0 radical (unpaired) electrons. The van der Waals surface area contributed by atoms with Crippen molar-refractivity contribution in [1.82, 2.24) is 0 Å². The number of hydrogen-bond donors (Lipinski definition) is 0. The molecule has 0 aliphatic carbocycles. The van der Waals surface area contributed by atoms with Crippen LogP contribution in [0.1, 0.15) is 37.3 Å². The molecule has 0 aliphatic heterocycles. The molecule has 0 atom stereocenters. The molecule has 0 aliphatic rings. The summed E-state index contributed by atoms with van der Waals surface area (Å²) in [6.07, 6.45) is 3.46. The molecule has 0 saturated carbocycles. The average molecular weight is 203 g/mol. The van der Waals surface area contributed by atoms with Crippen LogP contribution in [0.5, 0.6) is 5.75 Å². The minimum absolute atomic E-state index is 0.658. The van der Waals surface area contributed by atoms with Gasteiger partial charge in [0.1, 0.15) is 5.75 Å². The summed E-state index contributed by atoms with van der Waals surface area (Å²) in [5.74, 6) is 0.838. The van der Waals surface area contributed by atoms with E-state index in [9.17, 15) is 0 Å². The Kier molecular flexibility index (Phi) is 4.70. The SMILES string of the molecule is CCCCCOc1cc(C#N)ccc1C. The van der Waals surface area contributed by atoms with Crippen molar-refractivity contribution >= 4 is 0 Å². The molecule has 0 N–H and O–H groups in total. The van der Waals surface area contributed by atoms with Crippen LogP contribution in [-0.2, 0) is 0 Å². The van der Waals surface area contributed by atoms with Gasteiger partial charge in [-0.3, -0.25) is 0 Å². The third-order valence-electron chi connectivity index (χ3n) is 2.32. The van der Waals surface area contributed by atoms with E-state index in [0.717, 1.165) is 24.3 Å². The van der Waals surface area contributed by atoms with Crippen LogP contribution in [0.2, 0.25) is 0 Å². The van der Waals surface area contributed by atoms with Crippen LogP contribution >= 0.6 is 0 Å². The van der Waals surface area contributed by atoms with E-state index in [0.29, 0.717) is 5.56 Å². The van der Waals surface area contributed by atoms with Gasteiger partial charge >= 0.3 is 0 Å². The Balaban J connectivity index is 2.56. The third kappa shape index (κ3) is 3.63. The Labute approximate surface area is 91.5 Å². The minimum Gasteiger partial charge on any atom is -0.493 e. The molecule has 0 amide bonds. The van der Waals surface area contributed by atoms with E-state index >= 15 is 0 Å². The van der Waals surface area contributed by atoms with E-state index in [1.54, 1.807) is 6.07 Å². The second kappa shape index (κ2) is 6.08. The maximum atomic E-state index is 8.76. The summed E-state index contributed by atoms with van der Waals surface area (Å²) in [7, 11) is 0. The predicted molar refractivity (Wildman–Crippen MR) is 60.9 cm³/mol. The van der Waals surface area contributed by atoms with E-state index in [1.807, 2.05) is 19.1 Å². The summed E-state index contributed by atoms with van der Waals surface area (Å²) in [4.78, 5) is 0. The van der Waals surface area contributed by atoms with Crippen LogP contribution in [0.3, 0.4) is 0 Å². The number of ether oxygens (including phenoxy) is 1. The highest BCUT2D eigenvalue weighted by atomic mass is 16.5. The molecule has 0 unspecified atom stereocenters. The lowest BCUT2D eigenvalue weighted by Gasteiger charge is -2.08. The van der Waals surface area contributed by atoms with Gasteiger partial charge in [0.15, 0.2) is 0 Å². The predicted octanol–water partition coefficient (Wildman–Crippen LogP) is 3.44. The highest BCUT2D eigenvalue weighted by molar-refractivity contribution is 5.41. The van der Waals surface area contributed by atoms with Crippen LogP contribution in [-0.4, -0.2) is 6.61 Å². The maximum absolute atomic E-state index is 8.76. The van der Waals surface area contributed by atoms with Crippen molar-refractivity contribution in [2.75, 3.05) is 6.61 Å². The minimum atomic E-state index is 0.658. The Hall–Kier alpha value is -1.49. The lowest BCUT2D eigenvalue weighted by Crippen LogP contribution is -1.98. The van der Waals surface area contributed by atoms with Gasteiger partial charge in [-0.15, -0.1) is 0 Å². The van der Waals surface area contributed by atoms with E-state index in [-0.39, 0.29) is 0 Å². The Morgan fingerprint density at radius 2 is 2.13 bits per heavy atom. The summed E-state index contributed by atoms with van der Waals surface area (Å²) in [6, 6.07) is 7.66. The average Bonchev–Trinajstić information content (AvgIpc) is 2.26. The summed E-state index contributed by atoms with van der Waals surface area (Å²) in [6.45, 7) is 4.90. The second-order valence-corrected chi connectivity index (χ2v) is 3.65. The maximum Gasteiger partial charge on any atom is 0.123 e. The van der Waals surface area contributed by atoms with E-state index in [2.05, 4.69) is 13.0 Å². The largest absolute Gasteiger partial charge is 0.493 e. The first-order chi connectivity index (χ1) is 7.27. The molecule has 80 valence electrons. The second-order valence-electron chi connectivity index (χ2n) is 3.65. The summed E-state index contributed by atoms with van der Waals surface area (Å²) >= 11 is 0.